The van der Waals surface area contributed by atoms with Gasteiger partial charge in [0.05, 0.1) is 5.69 Å². The molecule has 0 radical (unpaired) electrons. The molecule has 44 heavy (non-hydrogen) atoms. The lowest BCUT2D eigenvalue weighted by Crippen LogP contribution is -2.51. The normalized spacial score (nSPS) is 16.0. The van der Waals surface area contributed by atoms with Crippen molar-refractivity contribution >= 4 is 35.0 Å². The van der Waals surface area contributed by atoms with Gasteiger partial charge in [0.2, 0.25) is 11.8 Å². The first-order chi connectivity index (χ1) is 21.1. The van der Waals surface area contributed by atoms with Crippen LogP contribution >= 0.6 is 0 Å². The highest BCUT2D eigenvalue weighted by Gasteiger charge is 2.57. The highest BCUT2D eigenvalue weighted by Crippen LogP contribution is 2.49. The van der Waals surface area contributed by atoms with Crippen LogP contribution in [0.5, 0.6) is 11.5 Å². The fraction of sp³-hybridized carbons (Fsp3) is 0.355. The quantitative estimate of drug-likeness (QED) is 0.336. The van der Waals surface area contributed by atoms with Gasteiger partial charge in [-0.2, -0.15) is 0 Å². The van der Waals surface area contributed by atoms with Gasteiger partial charge in [-0.3, -0.25) is 24.7 Å². The van der Waals surface area contributed by atoms with E-state index in [0.29, 0.717) is 18.8 Å². The first-order valence-electron chi connectivity index (χ1n) is 14.3. The van der Waals surface area contributed by atoms with Gasteiger partial charge in [0.1, 0.15) is 28.5 Å². The van der Waals surface area contributed by atoms with Crippen molar-refractivity contribution in [3.8, 4) is 11.5 Å². The molecule has 2 aromatic carbocycles. The van der Waals surface area contributed by atoms with Gasteiger partial charge in [-0.15, -0.1) is 0 Å². The molecule has 3 aromatic rings. The third-order valence-electron chi connectivity index (χ3n) is 7.80. The first-order valence-corrected chi connectivity index (χ1v) is 14.3. The summed E-state index contributed by atoms with van der Waals surface area (Å²) in [6.07, 6.45) is 1.95. The smallest absolute Gasteiger partial charge is 0.323 e. The Morgan fingerprint density at radius 1 is 0.977 bits per heavy atom. The number of amides is 4. The number of hydrogen-bond donors (Lipinski definition) is 2. The monoisotopic (exact) mass is 607 g/mol. The fourth-order valence-electron chi connectivity index (χ4n) is 4.98. The summed E-state index contributed by atoms with van der Waals surface area (Å²) in [6, 6.07) is 11.6. The number of benzene rings is 2. The summed E-state index contributed by atoms with van der Waals surface area (Å²) in [5.41, 5.74) is 4.11. The maximum atomic E-state index is 15.6. The number of carbonyl (C=O) groups excluding carboxylic acids is 3. The van der Waals surface area contributed by atoms with Crippen molar-refractivity contribution in [3.05, 3.63) is 72.4 Å². The number of pyridine rings is 1. The number of nitrogens with zero attached hydrogens (tertiary/aromatic N) is 5. The zero-order valence-corrected chi connectivity index (χ0v) is 24.6. The van der Waals surface area contributed by atoms with E-state index in [2.05, 4.69) is 20.1 Å². The van der Waals surface area contributed by atoms with Gasteiger partial charge >= 0.3 is 6.03 Å². The molecule has 0 bridgehead atoms. The third kappa shape index (κ3) is 6.95. The molecule has 2 fully saturated rings. The van der Waals surface area contributed by atoms with E-state index in [1.165, 1.54) is 36.5 Å². The second kappa shape index (κ2) is 12.9. The molecular weight excluding hydrogens is 572 g/mol. The fourth-order valence-corrected chi connectivity index (χ4v) is 4.98. The summed E-state index contributed by atoms with van der Waals surface area (Å²) in [5.74, 6) is -2.14. The number of nitrogens with one attached hydrogen (secondary N) is 1. The predicted molar refractivity (Wildman–Crippen MR) is 161 cm³/mol. The number of aromatic nitrogens is 1. The lowest BCUT2D eigenvalue weighted by Gasteiger charge is -2.35. The standard InChI is InChI=1S/C31H35F2N7O4/c1-37(2)13-14-38-15-17-39(18-16-38)30(43)36-27-20-24(9-12-35-27)44-23-7-8-26(25(33)19-23)40(22-5-3-21(32)4-6-22)29(42)31(10-11-31)28(34)41/h3-9,12,19-20H,10-11,13-18H2,1-2H3,(H2,34,41)(H,35,36,43). The molecule has 13 heteroatoms. The number of anilines is 3. The van der Waals surface area contributed by atoms with Gasteiger partial charge in [-0.05, 0) is 69.4 Å². The van der Waals surface area contributed by atoms with Crippen LogP contribution in [-0.4, -0.2) is 90.9 Å². The summed E-state index contributed by atoms with van der Waals surface area (Å²) in [5, 5.41) is 2.79. The SMILES string of the molecule is CN(C)CCN1CCN(C(=O)Nc2cc(Oc3ccc(N(C(=O)C4(C(N)=O)CC4)c4ccc(F)cc4)c(F)c3)ccn2)CC1. The Morgan fingerprint density at radius 2 is 1.66 bits per heavy atom. The number of rotatable bonds is 10. The molecule has 1 aliphatic heterocycles. The number of piperazine rings is 1. The number of carbonyl (C=O) groups is 3. The minimum atomic E-state index is -1.44. The van der Waals surface area contributed by atoms with E-state index in [4.69, 9.17) is 10.5 Å². The van der Waals surface area contributed by atoms with Crippen LogP contribution in [-0.2, 0) is 9.59 Å². The van der Waals surface area contributed by atoms with Crippen molar-refractivity contribution in [2.75, 3.05) is 63.6 Å². The van der Waals surface area contributed by atoms with Crippen LogP contribution in [0.1, 0.15) is 12.8 Å². The second-order valence-electron chi connectivity index (χ2n) is 11.2. The van der Waals surface area contributed by atoms with Crippen molar-refractivity contribution in [2.45, 2.75) is 12.8 Å². The van der Waals surface area contributed by atoms with Gasteiger partial charge in [-0.1, -0.05) is 0 Å². The van der Waals surface area contributed by atoms with Crippen LogP contribution in [0.3, 0.4) is 0 Å². The van der Waals surface area contributed by atoms with Gasteiger partial charge in [0.25, 0.3) is 0 Å². The summed E-state index contributed by atoms with van der Waals surface area (Å²) in [4.78, 5) is 49.8. The molecule has 3 N–H and O–H groups in total. The van der Waals surface area contributed by atoms with Crippen LogP contribution in [0.2, 0.25) is 0 Å². The number of ether oxygens (including phenoxy) is 1. The van der Waals surface area contributed by atoms with E-state index >= 15 is 4.39 Å². The summed E-state index contributed by atoms with van der Waals surface area (Å²) < 4.78 is 35.0. The Hall–Kier alpha value is -4.62. The Balaban J connectivity index is 1.27. The minimum absolute atomic E-state index is 0.117. The van der Waals surface area contributed by atoms with E-state index in [1.807, 2.05) is 14.1 Å². The second-order valence-corrected chi connectivity index (χ2v) is 11.2. The predicted octanol–water partition coefficient (Wildman–Crippen LogP) is 3.79. The number of nitrogens with two attached hydrogens (primary N) is 1. The average Bonchev–Trinajstić information content (AvgIpc) is 3.81. The summed E-state index contributed by atoms with van der Waals surface area (Å²) >= 11 is 0. The molecule has 1 aliphatic carbocycles. The highest BCUT2D eigenvalue weighted by atomic mass is 19.1. The zero-order chi connectivity index (χ0) is 31.4. The van der Waals surface area contributed by atoms with Crippen LogP contribution in [0.4, 0.5) is 30.8 Å². The average molecular weight is 608 g/mol. The van der Waals surface area contributed by atoms with Gasteiger partial charge in [-0.25, -0.2) is 18.6 Å². The highest BCUT2D eigenvalue weighted by molar-refractivity contribution is 6.16. The van der Waals surface area contributed by atoms with Crippen LogP contribution in [0.25, 0.3) is 0 Å². The molecule has 5 rings (SSSR count). The van der Waals surface area contributed by atoms with E-state index in [0.717, 1.165) is 49.3 Å². The molecule has 232 valence electrons. The summed E-state index contributed by atoms with van der Waals surface area (Å²) in [6.45, 7) is 4.66. The number of urea groups is 1. The Morgan fingerprint density at radius 3 is 2.27 bits per heavy atom. The minimum Gasteiger partial charge on any atom is -0.457 e. The Bertz CT molecular complexity index is 1520. The van der Waals surface area contributed by atoms with Crippen molar-refractivity contribution < 1.29 is 27.9 Å². The molecule has 1 saturated carbocycles. The molecule has 1 aromatic heterocycles. The van der Waals surface area contributed by atoms with Crippen molar-refractivity contribution in [3.63, 3.8) is 0 Å². The molecule has 0 unspecified atom stereocenters. The molecule has 2 heterocycles. The third-order valence-corrected chi connectivity index (χ3v) is 7.80. The number of likely N-dealkylation sites (N-methyl/N-ethyl adjacent to an activating group) is 1. The van der Waals surface area contributed by atoms with Gasteiger partial charge in [0, 0.05) is 63.3 Å². The molecule has 11 nitrogen and oxygen atoms in total. The number of primary amides is 1. The van der Waals surface area contributed by atoms with Gasteiger partial charge < -0.3 is 20.3 Å². The van der Waals surface area contributed by atoms with E-state index < -0.39 is 28.9 Å². The van der Waals surface area contributed by atoms with Gasteiger partial charge in [0.15, 0.2) is 5.82 Å². The lowest BCUT2D eigenvalue weighted by molar-refractivity contribution is -0.133. The number of halogens is 2. The van der Waals surface area contributed by atoms with Crippen LogP contribution < -0.4 is 20.7 Å². The summed E-state index contributed by atoms with van der Waals surface area (Å²) in [7, 11) is 4.06. The Kier molecular flexibility index (Phi) is 9.06. The molecular formula is C31H35F2N7O4. The number of hydrogen-bond acceptors (Lipinski definition) is 7. The molecule has 0 spiro atoms. The zero-order valence-electron chi connectivity index (χ0n) is 24.6. The molecule has 1 saturated heterocycles. The lowest BCUT2D eigenvalue weighted by atomic mass is 10.0. The van der Waals surface area contributed by atoms with Crippen LogP contribution in [0, 0.1) is 17.0 Å². The maximum Gasteiger partial charge on any atom is 0.323 e. The van der Waals surface area contributed by atoms with Crippen LogP contribution in [0.15, 0.2) is 60.8 Å². The molecule has 0 atom stereocenters. The molecule has 2 aliphatic rings. The topological polar surface area (TPSA) is 124 Å². The van der Waals surface area contributed by atoms with E-state index in [1.54, 1.807) is 11.0 Å². The van der Waals surface area contributed by atoms with Crippen molar-refractivity contribution in [1.29, 1.82) is 0 Å². The van der Waals surface area contributed by atoms with E-state index in [-0.39, 0.29) is 41.8 Å². The maximum absolute atomic E-state index is 15.6. The van der Waals surface area contributed by atoms with E-state index in [9.17, 15) is 18.8 Å². The van der Waals surface area contributed by atoms with Crippen molar-refractivity contribution in [2.24, 2.45) is 11.1 Å². The largest absolute Gasteiger partial charge is 0.457 e. The molecule has 4 amide bonds. The Labute approximate surface area is 254 Å². The van der Waals surface area contributed by atoms with Crippen molar-refractivity contribution in [1.82, 2.24) is 19.7 Å². The first kappa shape index (κ1) is 30.8.